The van der Waals surface area contributed by atoms with Crippen molar-refractivity contribution in [2.75, 3.05) is 33.0 Å². The molecule has 1 fully saturated rings. The number of pyridine rings is 1. The van der Waals surface area contributed by atoms with Crippen LogP contribution >= 0.6 is 11.3 Å². The summed E-state index contributed by atoms with van der Waals surface area (Å²) in [5.41, 5.74) is 0.773. The molecule has 0 spiro atoms. The summed E-state index contributed by atoms with van der Waals surface area (Å²) in [7, 11) is 0. The zero-order valence-electron chi connectivity index (χ0n) is 19.4. The lowest BCUT2D eigenvalue weighted by Crippen LogP contribution is -2.31. The number of hydrogen-bond donors (Lipinski definition) is 1. The van der Waals surface area contributed by atoms with Crippen molar-refractivity contribution in [1.82, 2.24) is 9.88 Å². The van der Waals surface area contributed by atoms with Gasteiger partial charge in [0.1, 0.15) is 16.9 Å². The van der Waals surface area contributed by atoms with E-state index in [1.54, 1.807) is 0 Å². The molecule has 8 heteroatoms. The van der Waals surface area contributed by atoms with Crippen LogP contribution in [0.3, 0.4) is 0 Å². The molecule has 0 aliphatic carbocycles. The van der Waals surface area contributed by atoms with Gasteiger partial charge in [-0.05, 0) is 32.3 Å². The number of benzene rings is 1. The molecule has 0 radical (unpaired) electrons. The highest BCUT2D eigenvalue weighted by Gasteiger charge is 2.26. The average Bonchev–Trinajstić information content (AvgIpc) is 3.49. The van der Waals surface area contributed by atoms with E-state index in [1.807, 2.05) is 35.8 Å². The molecule has 1 unspecified atom stereocenters. The molecule has 1 saturated heterocycles. The zero-order valence-corrected chi connectivity index (χ0v) is 20.2. The van der Waals surface area contributed by atoms with Gasteiger partial charge in [0.15, 0.2) is 5.75 Å². The van der Waals surface area contributed by atoms with E-state index in [1.165, 1.54) is 11.3 Å². The summed E-state index contributed by atoms with van der Waals surface area (Å²) in [6.45, 7) is 7.08. The van der Waals surface area contributed by atoms with Crippen LogP contribution in [-0.4, -0.2) is 49.6 Å². The topological polar surface area (TPSA) is 78.8 Å². The highest BCUT2D eigenvalue weighted by atomic mass is 32.1. The summed E-state index contributed by atoms with van der Waals surface area (Å²) in [4.78, 5) is 27.3. The Hall–Kier alpha value is -2.42. The minimum atomic E-state index is -0.235. The number of fused-ring (bicyclic) bond motifs is 3. The van der Waals surface area contributed by atoms with Crippen LogP contribution < -0.4 is 15.6 Å². The molecule has 1 aromatic carbocycles. The van der Waals surface area contributed by atoms with Gasteiger partial charge in [-0.15, -0.1) is 11.3 Å². The Morgan fingerprint density at radius 1 is 1.27 bits per heavy atom. The number of nitrogens with zero attached hydrogens (tertiary/aromatic N) is 1. The zero-order chi connectivity index (χ0) is 23.2. The molecule has 1 N–H and O–H groups in total. The van der Waals surface area contributed by atoms with Gasteiger partial charge in [0, 0.05) is 31.7 Å². The number of aryl methyl sites for hydroxylation is 1. The van der Waals surface area contributed by atoms with Gasteiger partial charge in [0.25, 0.3) is 11.5 Å². The maximum atomic E-state index is 13.7. The normalized spacial score (nSPS) is 16.0. The van der Waals surface area contributed by atoms with Crippen LogP contribution in [0.15, 0.2) is 29.1 Å². The van der Waals surface area contributed by atoms with Gasteiger partial charge in [-0.2, -0.15) is 0 Å². The predicted octanol–water partition coefficient (Wildman–Crippen LogP) is 4.34. The van der Waals surface area contributed by atoms with Gasteiger partial charge in [0.05, 0.1) is 22.9 Å². The third kappa shape index (κ3) is 5.08. The fourth-order valence-corrected chi connectivity index (χ4v) is 5.40. The monoisotopic (exact) mass is 472 g/mol. The van der Waals surface area contributed by atoms with E-state index in [2.05, 4.69) is 12.2 Å². The van der Waals surface area contributed by atoms with Crippen molar-refractivity contribution in [3.63, 3.8) is 0 Å². The van der Waals surface area contributed by atoms with E-state index in [0.717, 1.165) is 47.9 Å². The number of amides is 1. The highest BCUT2D eigenvalue weighted by molar-refractivity contribution is 7.22. The number of rotatable bonds is 11. The Balaban J connectivity index is 1.80. The summed E-state index contributed by atoms with van der Waals surface area (Å²) in [5.74, 6) is 0.127. The first kappa shape index (κ1) is 23.7. The number of nitrogens with one attached hydrogen (secondary N) is 1. The van der Waals surface area contributed by atoms with Crippen molar-refractivity contribution in [3.05, 3.63) is 39.5 Å². The van der Waals surface area contributed by atoms with E-state index in [-0.39, 0.29) is 24.2 Å². The number of carbonyl (C=O) groups is 1. The predicted molar refractivity (Wildman–Crippen MR) is 132 cm³/mol. The molecule has 7 nitrogen and oxygen atoms in total. The molecule has 1 aliphatic heterocycles. The first-order valence-electron chi connectivity index (χ1n) is 11.8. The smallest absolute Gasteiger partial charge is 0.265 e. The molecular formula is C25H32N2O5S. The maximum absolute atomic E-state index is 13.7. The largest absolute Gasteiger partial charge is 0.489 e. The quantitative estimate of drug-likeness (QED) is 0.420. The standard InChI is InChI=1S/C25H32N2O5S/c1-3-5-12-27-19-11-7-6-10-18(19)22-20(25(27)29)21(32-15-14-30-4-2)23(33-22)24(28)26-16-17-9-8-13-31-17/h6-7,10-11,17H,3-5,8-9,12-16H2,1-2H3,(H,26,28). The Labute approximate surface area is 197 Å². The van der Waals surface area contributed by atoms with Gasteiger partial charge >= 0.3 is 0 Å². The molecule has 3 aromatic rings. The Morgan fingerprint density at radius 3 is 2.88 bits per heavy atom. The van der Waals surface area contributed by atoms with E-state index >= 15 is 0 Å². The van der Waals surface area contributed by atoms with Crippen LogP contribution in [0.2, 0.25) is 0 Å². The SMILES string of the molecule is CCCCn1c(=O)c2c(OCCOCC)c(C(=O)NCC3CCCO3)sc2c2ccccc21. The minimum Gasteiger partial charge on any atom is -0.489 e. The first-order valence-corrected chi connectivity index (χ1v) is 12.7. The molecule has 2 aromatic heterocycles. The second kappa shape index (κ2) is 11.1. The lowest BCUT2D eigenvalue weighted by atomic mass is 10.1. The van der Waals surface area contributed by atoms with Crippen molar-refractivity contribution in [1.29, 1.82) is 0 Å². The Kier molecular flexibility index (Phi) is 8.01. The van der Waals surface area contributed by atoms with Crippen LogP contribution in [0.5, 0.6) is 5.75 Å². The molecule has 178 valence electrons. The van der Waals surface area contributed by atoms with Crippen molar-refractivity contribution < 1.29 is 19.0 Å². The average molecular weight is 473 g/mol. The number of aromatic nitrogens is 1. The lowest BCUT2D eigenvalue weighted by Gasteiger charge is -2.13. The molecule has 0 saturated carbocycles. The third-order valence-electron chi connectivity index (χ3n) is 5.90. The summed E-state index contributed by atoms with van der Waals surface area (Å²) in [5, 5.41) is 4.43. The first-order chi connectivity index (χ1) is 16.2. The van der Waals surface area contributed by atoms with E-state index in [9.17, 15) is 9.59 Å². The summed E-state index contributed by atoms with van der Waals surface area (Å²) < 4.78 is 19.7. The number of ether oxygens (including phenoxy) is 3. The van der Waals surface area contributed by atoms with E-state index < -0.39 is 0 Å². The number of thiophene rings is 1. The summed E-state index contributed by atoms with van der Waals surface area (Å²) >= 11 is 1.32. The minimum absolute atomic E-state index is 0.0396. The van der Waals surface area contributed by atoms with Gasteiger partial charge in [-0.25, -0.2) is 0 Å². The molecule has 0 bridgehead atoms. The number of hydrogen-bond acceptors (Lipinski definition) is 6. The van der Waals surface area contributed by atoms with Gasteiger partial charge < -0.3 is 24.1 Å². The molecule has 33 heavy (non-hydrogen) atoms. The van der Waals surface area contributed by atoms with Crippen molar-refractivity contribution >= 4 is 38.2 Å². The van der Waals surface area contributed by atoms with Crippen LogP contribution in [0.25, 0.3) is 21.0 Å². The molecular weight excluding hydrogens is 440 g/mol. The summed E-state index contributed by atoms with van der Waals surface area (Å²) in [6.07, 6.45) is 3.87. The number of carbonyl (C=O) groups excluding carboxylic acids is 1. The van der Waals surface area contributed by atoms with Crippen molar-refractivity contribution in [2.24, 2.45) is 0 Å². The van der Waals surface area contributed by atoms with Crippen LogP contribution in [0.4, 0.5) is 0 Å². The molecule has 4 rings (SSSR count). The Morgan fingerprint density at radius 2 is 2.12 bits per heavy atom. The van der Waals surface area contributed by atoms with Crippen LogP contribution in [-0.2, 0) is 16.0 Å². The maximum Gasteiger partial charge on any atom is 0.265 e. The van der Waals surface area contributed by atoms with Crippen LogP contribution in [0.1, 0.15) is 49.2 Å². The third-order valence-corrected chi connectivity index (χ3v) is 7.10. The fraction of sp³-hybridized carbons (Fsp3) is 0.520. The van der Waals surface area contributed by atoms with E-state index in [0.29, 0.717) is 42.3 Å². The summed E-state index contributed by atoms with van der Waals surface area (Å²) in [6, 6.07) is 7.88. The van der Waals surface area contributed by atoms with E-state index in [4.69, 9.17) is 14.2 Å². The highest BCUT2D eigenvalue weighted by Crippen LogP contribution is 2.39. The molecule has 1 aliphatic rings. The van der Waals surface area contributed by atoms with Crippen molar-refractivity contribution in [3.8, 4) is 5.75 Å². The fourth-order valence-electron chi connectivity index (χ4n) is 4.21. The Bertz CT molecular complexity index is 1160. The van der Waals surface area contributed by atoms with Crippen molar-refractivity contribution in [2.45, 2.75) is 52.2 Å². The van der Waals surface area contributed by atoms with Gasteiger partial charge in [-0.3, -0.25) is 9.59 Å². The van der Waals surface area contributed by atoms with Gasteiger partial charge in [-0.1, -0.05) is 31.5 Å². The molecule has 1 amide bonds. The second-order valence-electron chi connectivity index (χ2n) is 8.18. The second-order valence-corrected chi connectivity index (χ2v) is 9.20. The van der Waals surface area contributed by atoms with Crippen LogP contribution in [0, 0.1) is 0 Å². The van der Waals surface area contributed by atoms with Gasteiger partial charge in [0.2, 0.25) is 0 Å². The lowest BCUT2D eigenvalue weighted by molar-refractivity contribution is 0.0853. The molecule has 1 atom stereocenters. The molecule has 3 heterocycles. The number of unbranched alkanes of at least 4 members (excludes halogenated alkanes) is 1. The number of para-hydroxylation sites is 1.